The maximum absolute atomic E-state index is 14.0. The molecule has 10 aromatic carbocycles. The number of halogens is 6. The summed E-state index contributed by atoms with van der Waals surface area (Å²) in [6.07, 6.45) is -9.04. The van der Waals surface area contributed by atoms with Gasteiger partial charge in [-0.1, -0.05) is 120 Å². The minimum Gasteiger partial charge on any atom is -0.309 e. The van der Waals surface area contributed by atoms with Crippen LogP contribution in [0.5, 0.6) is 0 Å². The highest BCUT2D eigenvalue weighted by Gasteiger charge is 2.32. The Hall–Kier alpha value is -9.64. The Kier molecular flexibility index (Phi) is 12.2. The van der Waals surface area contributed by atoms with Crippen LogP contribution < -0.4 is 0 Å². The lowest BCUT2D eigenvalue weighted by atomic mass is 9.96. The highest BCUT2D eigenvalue weighted by Crippen LogP contribution is 2.45. The second-order valence-corrected chi connectivity index (χ2v) is 21.0. The number of nitrogens with zero attached hydrogens (tertiary/aromatic N) is 4. The Balaban J connectivity index is 1.19. The average Bonchev–Trinajstić information content (AvgIpc) is 3.41. The number of alkyl halides is 6. The van der Waals surface area contributed by atoms with Crippen LogP contribution >= 0.6 is 0 Å². The van der Waals surface area contributed by atoms with Crippen molar-refractivity contribution in [3.05, 3.63) is 238 Å². The van der Waals surface area contributed by atoms with Gasteiger partial charge in [0.25, 0.3) is 0 Å². The third-order valence-electron chi connectivity index (χ3n) is 15.7. The smallest absolute Gasteiger partial charge is 0.309 e. The number of hydrogen-bond donors (Lipinski definition) is 0. The van der Waals surface area contributed by atoms with Crippen molar-refractivity contribution in [2.45, 2.75) is 53.9 Å². The van der Waals surface area contributed by atoms with Crippen LogP contribution in [-0.4, -0.2) is 9.13 Å². The summed E-state index contributed by atoms with van der Waals surface area (Å²) in [5.41, 5.74) is 16.6. The molecule has 0 amide bonds. The van der Waals surface area contributed by atoms with E-state index in [-0.39, 0.29) is 0 Å². The van der Waals surface area contributed by atoms with Gasteiger partial charge < -0.3 is 9.13 Å². The van der Waals surface area contributed by atoms with E-state index >= 15 is 0 Å². The van der Waals surface area contributed by atoms with Gasteiger partial charge >= 0.3 is 12.4 Å². The highest BCUT2D eigenvalue weighted by atomic mass is 19.4. The fraction of sp³-hybridized carbons (Fsp3) is 0.114. The summed E-state index contributed by atoms with van der Waals surface area (Å²) in [7, 11) is 0. The normalized spacial score (nSPS) is 12.0. The third-order valence-corrected chi connectivity index (χ3v) is 15.7. The van der Waals surface area contributed by atoms with Crippen LogP contribution in [0.3, 0.4) is 0 Å². The van der Waals surface area contributed by atoms with Crippen molar-refractivity contribution in [1.29, 1.82) is 10.5 Å². The minimum absolute atomic E-state index is 0.294. The predicted octanol–water partition coefficient (Wildman–Crippen LogP) is 19.8. The maximum atomic E-state index is 14.0. The molecule has 0 fully saturated rings. The number of rotatable bonds is 7. The van der Waals surface area contributed by atoms with Crippen LogP contribution in [0.15, 0.2) is 182 Å². The number of benzene rings is 10. The SMILES string of the molecule is Cc1ccc(-c2ccc3c4ccc(-c5ccc(C(F)(F)F)cc5C)cc4n(-c4cc(-c5cccc(C#N)c5)c(-n5c6cc(-c7ccc(C)cc7C)ccc6c6ccc(-c7ccc(C(F)(F)F)cc7C)cc65)cc4C#N)c3c2)c(C)c1. The topological polar surface area (TPSA) is 57.4 Å². The van der Waals surface area contributed by atoms with E-state index in [1.807, 2.05) is 73.7 Å². The molecule has 390 valence electrons. The average molecular weight is 1060 g/mol. The number of nitriles is 2. The van der Waals surface area contributed by atoms with Crippen LogP contribution in [-0.2, 0) is 12.4 Å². The van der Waals surface area contributed by atoms with Gasteiger partial charge in [0.1, 0.15) is 6.07 Å². The third kappa shape index (κ3) is 8.74. The number of fused-ring (bicyclic) bond motifs is 6. The Morgan fingerprint density at radius 3 is 1.07 bits per heavy atom. The van der Waals surface area contributed by atoms with Gasteiger partial charge in [-0.15, -0.1) is 0 Å². The first-order valence-electron chi connectivity index (χ1n) is 26.1. The molecule has 12 aromatic rings. The van der Waals surface area contributed by atoms with E-state index in [0.717, 1.165) is 107 Å². The molecule has 0 spiro atoms. The summed E-state index contributed by atoms with van der Waals surface area (Å²) < 4.78 is 88.2. The maximum Gasteiger partial charge on any atom is 0.416 e. The minimum atomic E-state index is -4.52. The van der Waals surface area contributed by atoms with Gasteiger partial charge in [-0.05, 0) is 187 Å². The van der Waals surface area contributed by atoms with Crippen LogP contribution in [0.4, 0.5) is 26.3 Å². The van der Waals surface area contributed by atoms with Crippen molar-refractivity contribution in [3.8, 4) is 79.1 Å². The van der Waals surface area contributed by atoms with Gasteiger partial charge in [-0.25, -0.2) is 0 Å². The zero-order valence-electron chi connectivity index (χ0n) is 44.4. The first-order valence-corrected chi connectivity index (χ1v) is 26.1. The van der Waals surface area contributed by atoms with Gasteiger partial charge in [0, 0.05) is 27.1 Å². The van der Waals surface area contributed by atoms with Crippen LogP contribution in [0.2, 0.25) is 0 Å². The molecule has 2 heterocycles. The molecular formula is C70H48F6N4. The molecular weight excluding hydrogens is 1010 g/mol. The molecule has 0 unspecified atom stereocenters. The molecule has 0 aliphatic heterocycles. The second kappa shape index (κ2) is 19.1. The molecule has 0 radical (unpaired) electrons. The molecule has 4 nitrogen and oxygen atoms in total. The summed E-state index contributed by atoms with van der Waals surface area (Å²) in [6.45, 7) is 11.6. The van der Waals surface area contributed by atoms with Crippen molar-refractivity contribution >= 4 is 43.6 Å². The standard InChI is InChI=1S/C70H48F6N4/c1-39-10-18-54(41(3)26-39)47-12-20-58-59-21-14-49(56-24-16-52(28-43(56)5)69(71,72)73)32-65(59)79(64(58)31-47)63-36-62(46-9-7-8-45(30-46)37-77)68(35-51(63)38-78)80-66-33-48(55-19-11-40(2)27-42(55)4)13-22-60(66)61-23-15-50(34-67(61)80)57-25-17-53(29-44(57)6)70(74,75)76/h7-36H,1-6H3. The number of aromatic nitrogens is 2. The Morgan fingerprint density at radius 1 is 0.338 bits per heavy atom. The fourth-order valence-corrected chi connectivity index (χ4v) is 11.9. The molecule has 0 bridgehead atoms. The molecule has 2 aromatic heterocycles. The van der Waals surface area contributed by atoms with Gasteiger partial charge in [-0.3, -0.25) is 0 Å². The molecule has 12 rings (SSSR count). The molecule has 10 heteroatoms. The largest absolute Gasteiger partial charge is 0.416 e. The molecule has 0 N–H and O–H groups in total. The van der Waals surface area contributed by atoms with E-state index in [2.05, 4.69) is 115 Å². The van der Waals surface area contributed by atoms with Gasteiger partial charge in [0.2, 0.25) is 0 Å². The van der Waals surface area contributed by atoms with Crippen molar-refractivity contribution < 1.29 is 26.3 Å². The van der Waals surface area contributed by atoms with E-state index in [4.69, 9.17) is 0 Å². The fourth-order valence-electron chi connectivity index (χ4n) is 11.9. The van der Waals surface area contributed by atoms with Gasteiger partial charge in [0.15, 0.2) is 0 Å². The monoisotopic (exact) mass is 1060 g/mol. The van der Waals surface area contributed by atoms with Crippen molar-refractivity contribution in [2.75, 3.05) is 0 Å². The van der Waals surface area contributed by atoms with Crippen molar-refractivity contribution in [2.24, 2.45) is 0 Å². The Morgan fingerprint density at radius 2 is 0.713 bits per heavy atom. The first kappa shape index (κ1) is 51.1. The molecule has 0 atom stereocenters. The summed E-state index contributed by atoms with van der Waals surface area (Å²) in [5.74, 6) is 0. The quantitative estimate of drug-likeness (QED) is 0.149. The second-order valence-electron chi connectivity index (χ2n) is 21.0. The number of hydrogen-bond acceptors (Lipinski definition) is 2. The van der Waals surface area contributed by atoms with E-state index in [1.54, 1.807) is 19.9 Å². The van der Waals surface area contributed by atoms with Gasteiger partial charge in [-0.2, -0.15) is 36.9 Å². The van der Waals surface area contributed by atoms with Crippen LogP contribution in [0.1, 0.15) is 55.6 Å². The summed E-state index contributed by atoms with van der Waals surface area (Å²) in [5, 5.41) is 25.6. The zero-order valence-corrected chi connectivity index (χ0v) is 44.4. The van der Waals surface area contributed by atoms with E-state index in [1.165, 1.54) is 12.1 Å². The molecule has 80 heavy (non-hydrogen) atoms. The molecule has 0 saturated heterocycles. The van der Waals surface area contributed by atoms with E-state index in [9.17, 15) is 36.9 Å². The molecule has 0 saturated carbocycles. The lowest BCUT2D eigenvalue weighted by Gasteiger charge is -2.20. The first-order chi connectivity index (χ1) is 38.3. The summed E-state index contributed by atoms with van der Waals surface area (Å²) in [6, 6.07) is 60.6. The van der Waals surface area contributed by atoms with E-state index in [0.29, 0.717) is 72.5 Å². The van der Waals surface area contributed by atoms with E-state index < -0.39 is 23.5 Å². The number of aryl methyl sites for hydroxylation is 6. The Bertz CT molecular complexity index is 4670. The molecule has 0 aliphatic carbocycles. The lowest BCUT2D eigenvalue weighted by Crippen LogP contribution is -2.05. The van der Waals surface area contributed by atoms with Crippen molar-refractivity contribution in [1.82, 2.24) is 9.13 Å². The van der Waals surface area contributed by atoms with Crippen LogP contribution in [0, 0.1) is 64.2 Å². The lowest BCUT2D eigenvalue weighted by molar-refractivity contribution is -0.138. The Labute approximate surface area is 458 Å². The highest BCUT2D eigenvalue weighted by molar-refractivity contribution is 6.13. The zero-order chi connectivity index (χ0) is 56.1. The summed E-state index contributed by atoms with van der Waals surface area (Å²) >= 11 is 0. The predicted molar refractivity (Wildman–Crippen MR) is 310 cm³/mol. The van der Waals surface area contributed by atoms with Crippen LogP contribution in [0.25, 0.3) is 111 Å². The molecule has 0 aliphatic rings. The van der Waals surface area contributed by atoms with Gasteiger partial charge in [0.05, 0.1) is 61.8 Å². The van der Waals surface area contributed by atoms with Crippen molar-refractivity contribution in [3.63, 3.8) is 0 Å². The summed E-state index contributed by atoms with van der Waals surface area (Å²) in [4.78, 5) is 0.